The molecule has 104 valence electrons. The highest BCUT2D eigenvalue weighted by Gasteiger charge is 2.22. The summed E-state index contributed by atoms with van der Waals surface area (Å²) in [6.45, 7) is 1.77. The molecule has 7 nitrogen and oxygen atoms in total. The number of H-pyrrole nitrogens is 1. The Hall–Kier alpha value is -2.44. The van der Waals surface area contributed by atoms with Crippen LogP contribution in [0.4, 0.5) is 5.82 Å². The lowest BCUT2D eigenvalue weighted by molar-refractivity contribution is 0.0921. The molecule has 1 aliphatic rings. The molecule has 1 amide bonds. The summed E-state index contributed by atoms with van der Waals surface area (Å²) < 4.78 is 0. The first-order valence-electron chi connectivity index (χ1n) is 6.65. The zero-order valence-corrected chi connectivity index (χ0v) is 11.0. The number of hydrogen-bond acceptors (Lipinski definition) is 5. The van der Waals surface area contributed by atoms with Crippen LogP contribution in [0.3, 0.4) is 0 Å². The van der Waals surface area contributed by atoms with Gasteiger partial charge in [0.1, 0.15) is 12.1 Å². The molecular formula is C13H16N6O. The van der Waals surface area contributed by atoms with E-state index in [1.807, 2.05) is 18.2 Å². The average molecular weight is 272 g/mol. The van der Waals surface area contributed by atoms with Crippen LogP contribution in [0.1, 0.15) is 23.5 Å². The third kappa shape index (κ3) is 2.76. The minimum absolute atomic E-state index is 0.174. The Morgan fingerprint density at radius 3 is 2.80 bits per heavy atom. The molecular weight excluding hydrogens is 256 g/mol. The summed E-state index contributed by atoms with van der Waals surface area (Å²) in [7, 11) is 0. The van der Waals surface area contributed by atoms with Crippen molar-refractivity contribution in [2.24, 2.45) is 0 Å². The van der Waals surface area contributed by atoms with E-state index in [-0.39, 0.29) is 17.8 Å². The number of aromatic amines is 1. The van der Waals surface area contributed by atoms with E-state index < -0.39 is 0 Å². The van der Waals surface area contributed by atoms with Gasteiger partial charge in [0.15, 0.2) is 0 Å². The maximum Gasteiger partial charge on any atom is 0.288 e. The molecule has 0 saturated carbocycles. The van der Waals surface area contributed by atoms with Crippen molar-refractivity contribution in [2.75, 3.05) is 18.0 Å². The van der Waals surface area contributed by atoms with Crippen LogP contribution >= 0.6 is 0 Å². The molecule has 1 saturated heterocycles. The van der Waals surface area contributed by atoms with E-state index in [0.717, 1.165) is 31.7 Å². The Balaban J connectivity index is 1.53. The Kier molecular flexibility index (Phi) is 3.58. The predicted octanol–water partition coefficient (Wildman–Crippen LogP) is 0.598. The summed E-state index contributed by atoms with van der Waals surface area (Å²) >= 11 is 0. The molecule has 2 aromatic rings. The SMILES string of the molecule is O=C(NC1CCN(c2ccccn2)CC1)c1ncn[nH]1. The van der Waals surface area contributed by atoms with Crippen LogP contribution in [-0.4, -0.2) is 45.2 Å². The standard InChI is InChI=1S/C13H16N6O/c20-13(12-15-9-16-18-12)17-10-4-7-19(8-5-10)11-3-1-2-6-14-11/h1-3,6,9-10H,4-5,7-8H2,(H,17,20)(H,15,16,18). The summed E-state index contributed by atoms with van der Waals surface area (Å²) in [6, 6.07) is 6.08. The van der Waals surface area contributed by atoms with Gasteiger partial charge in [-0.15, -0.1) is 0 Å². The third-order valence-corrected chi connectivity index (χ3v) is 3.43. The Morgan fingerprint density at radius 1 is 1.30 bits per heavy atom. The molecule has 0 bridgehead atoms. The van der Waals surface area contributed by atoms with Crippen LogP contribution in [0.2, 0.25) is 0 Å². The lowest BCUT2D eigenvalue weighted by Crippen LogP contribution is -2.45. The van der Waals surface area contributed by atoms with Gasteiger partial charge in [0, 0.05) is 25.3 Å². The van der Waals surface area contributed by atoms with Crippen LogP contribution in [-0.2, 0) is 0 Å². The van der Waals surface area contributed by atoms with E-state index in [0.29, 0.717) is 0 Å². The largest absolute Gasteiger partial charge is 0.356 e. The first-order chi connectivity index (χ1) is 9.83. The lowest BCUT2D eigenvalue weighted by Gasteiger charge is -2.32. The van der Waals surface area contributed by atoms with E-state index in [4.69, 9.17) is 0 Å². The minimum Gasteiger partial charge on any atom is -0.356 e. The number of carbonyl (C=O) groups is 1. The van der Waals surface area contributed by atoms with Crippen molar-refractivity contribution < 1.29 is 4.79 Å². The molecule has 1 aliphatic heterocycles. The topological polar surface area (TPSA) is 86.8 Å². The Bertz CT molecular complexity index is 548. The van der Waals surface area contributed by atoms with Gasteiger partial charge < -0.3 is 10.2 Å². The maximum absolute atomic E-state index is 11.9. The summed E-state index contributed by atoms with van der Waals surface area (Å²) in [4.78, 5) is 22.3. The predicted molar refractivity (Wildman–Crippen MR) is 73.3 cm³/mol. The molecule has 3 rings (SSSR count). The maximum atomic E-state index is 11.9. The fourth-order valence-corrected chi connectivity index (χ4v) is 2.36. The van der Waals surface area contributed by atoms with Gasteiger partial charge in [-0.1, -0.05) is 6.07 Å². The molecule has 0 spiro atoms. The van der Waals surface area contributed by atoms with Gasteiger partial charge in [-0.05, 0) is 25.0 Å². The fraction of sp³-hybridized carbons (Fsp3) is 0.385. The second-order valence-electron chi connectivity index (χ2n) is 4.76. The van der Waals surface area contributed by atoms with Gasteiger partial charge in [-0.25, -0.2) is 9.97 Å². The second kappa shape index (κ2) is 5.68. The normalized spacial score (nSPS) is 16.1. The summed E-state index contributed by atoms with van der Waals surface area (Å²) in [5, 5.41) is 9.22. The van der Waals surface area contributed by atoms with Crippen molar-refractivity contribution in [2.45, 2.75) is 18.9 Å². The van der Waals surface area contributed by atoms with Crippen molar-refractivity contribution in [3.63, 3.8) is 0 Å². The van der Waals surface area contributed by atoms with E-state index in [2.05, 4.69) is 30.4 Å². The Morgan fingerprint density at radius 2 is 2.15 bits per heavy atom. The number of rotatable bonds is 3. The van der Waals surface area contributed by atoms with E-state index >= 15 is 0 Å². The molecule has 1 fully saturated rings. The zero-order chi connectivity index (χ0) is 13.8. The van der Waals surface area contributed by atoms with Gasteiger partial charge in [-0.3, -0.25) is 9.89 Å². The fourth-order valence-electron chi connectivity index (χ4n) is 2.36. The quantitative estimate of drug-likeness (QED) is 0.854. The van der Waals surface area contributed by atoms with E-state index in [1.165, 1.54) is 6.33 Å². The van der Waals surface area contributed by atoms with Crippen molar-refractivity contribution >= 4 is 11.7 Å². The van der Waals surface area contributed by atoms with Gasteiger partial charge in [0.2, 0.25) is 5.82 Å². The number of nitrogens with zero attached hydrogens (tertiary/aromatic N) is 4. The van der Waals surface area contributed by atoms with Gasteiger partial charge in [0.05, 0.1) is 0 Å². The molecule has 2 aromatic heterocycles. The number of aromatic nitrogens is 4. The highest BCUT2D eigenvalue weighted by Crippen LogP contribution is 2.17. The molecule has 20 heavy (non-hydrogen) atoms. The first kappa shape index (κ1) is 12.6. The number of piperidine rings is 1. The highest BCUT2D eigenvalue weighted by atomic mass is 16.2. The molecule has 0 unspecified atom stereocenters. The number of nitrogens with one attached hydrogen (secondary N) is 2. The zero-order valence-electron chi connectivity index (χ0n) is 11.0. The van der Waals surface area contributed by atoms with Gasteiger partial charge in [-0.2, -0.15) is 5.10 Å². The summed E-state index contributed by atoms with van der Waals surface area (Å²) in [5.74, 6) is 1.06. The Labute approximate surface area is 116 Å². The number of hydrogen-bond donors (Lipinski definition) is 2. The van der Waals surface area contributed by atoms with Crippen LogP contribution in [0.15, 0.2) is 30.7 Å². The van der Waals surface area contributed by atoms with Crippen LogP contribution < -0.4 is 10.2 Å². The number of anilines is 1. The molecule has 0 radical (unpaired) electrons. The number of carbonyl (C=O) groups excluding carboxylic acids is 1. The average Bonchev–Trinajstić information content (AvgIpc) is 3.03. The van der Waals surface area contributed by atoms with Crippen LogP contribution in [0.25, 0.3) is 0 Å². The molecule has 3 heterocycles. The van der Waals surface area contributed by atoms with E-state index in [9.17, 15) is 4.79 Å². The summed E-state index contributed by atoms with van der Waals surface area (Å²) in [6.07, 6.45) is 4.93. The molecule has 2 N–H and O–H groups in total. The van der Waals surface area contributed by atoms with Crippen molar-refractivity contribution in [1.29, 1.82) is 0 Å². The van der Waals surface area contributed by atoms with Crippen molar-refractivity contribution in [3.8, 4) is 0 Å². The summed E-state index contributed by atoms with van der Waals surface area (Å²) in [5.41, 5.74) is 0. The molecule has 7 heteroatoms. The molecule has 0 aliphatic carbocycles. The monoisotopic (exact) mass is 272 g/mol. The number of amides is 1. The minimum atomic E-state index is -0.196. The number of pyridine rings is 1. The van der Waals surface area contributed by atoms with Crippen molar-refractivity contribution in [3.05, 3.63) is 36.5 Å². The van der Waals surface area contributed by atoms with E-state index in [1.54, 1.807) is 6.20 Å². The van der Waals surface area contributed by atoms with Crippen molar-refractivity contribution in [1.82, 2.24) is 25.5 Å². The second-order valence-corrected chi connectivity index (χ2v) is 4.76. The van der Waals surface area contributed by atoms with Crippen LogP contribution in [0, 0.1) is 0 Å². The van der Waals surface area contributed by atoms with Crippen LogP contribution in [0.5, 0.6) is 0 Å². The first-order valence-corrected chi connectivity index (χ1v) is 6.65. The molecule has 0 atom stereocenters. The lowest BCUT2D eigenvalue weighted by atomic mass is 10.0. The highest BCUT2D eigenvalue weighted by molar-refractivity contribution is 5.90. The molecule has 0 aromatic carbocycles. The third-order valence-electron chi connectivity index (χ3n) is 3.43. The smallest absolute Gasteiger partial charge is 0.288 e. The van der Waals surface area contributed by atoms with Gasteiger partial charge in [0.25, 0.3) is 5.91 Å². The van der Waals surface area contributed by atoms with Gasteiger partial charge >= 0.3 is 0 Å².